The second-order valence-electron chi connectivity index (χ2n) is 6.72. The van der Waals surface area contributed by atoms with Crippen LogP contribution in [0.4, 0.5) is 0 Å². The molecule has 0 amide bonds. The minimum absolute atomic E-state index is 0.431. The van der Waals surface area contributed by atoms with Gasteiger partial charge in [0.2, 0.25) is 0 Å². The van der Waals surface area contributed by atoms with Crippen molar-refractivity contribution in [2.24, 2.45) is 0 Å². The number of nitrogens with zero attached hydrogens (tertiary/aromatic N) is 2. The molecular formula is C20H28N2O2. The predicted molar refractivity (Wildman–Crippen MR) is 97.6 cm³/mol. The Morgan fingerprint density at radius 3 is 2.38 bits per heavy atom. The highest BCUT2D eigenvalue weighted by molar-refractivity contribution is 5.63. The average Bonchev–Trinajstić information content (AvgIpc) is 2.92. The molecule has 4 nitrogen and oxygen atoms in total. The van der Waals surface area contributed by atoms with E-state index in [9.17, 15) is 0 Å². The first-order valence-electron chi connectivity index (χ1n) is 8.75. The van der Waals surface area contributed by atoms with Crippen molar-refractivity contribution in [3.63, 3.8) is 0 Å². The van der Waals surface area contributed by atoms with E-state index in [1.54, 1.807) is 7.11 Å². The van der Waals surface area contributed by atoms with Gasteiger partial charge in [-0.25, -0.2) is 0 Å². The molecule has 2 heterocycles. The summed E-state index contributed by atoms with van der Waals surface area (Å²) in [4.78, 5) is 2.48. The van der Waals surface area contributed by atoms with Gasteiger partial charge in [0.1, 0.15) is 5.75 Å². The lowest BCUT2D eigenvalue weighted by Gasteiger charge is -2.26. The van der Waals surface area contributed by atoms with Crippen LogP contribution in [0.3, 0.4) is 0 Å². The zero-order chi connectivity index (χ0) is 17.1. The van der Waals surface area contributed by atoms with Crippen molar-refractivity contribution in [1.29, 1.82) is 0 Å². The van der Waals surface area contributed by atoms with E-state index in [1.165, 1.54) is 22.5 Å². The summed E-state index contributed by atoms with van der Waals surface area (Å²) >= 11 is 0. The van der Waals surface area contributed by atoms with Crippen molar-refractivity contribution in [2.45, 2.75) is 33.4 Å². The number of hydrogen-bond acceptors (Lipinski definition) is 3. The van der Waals surface area contributed by atoms with Crippen LogP contribution in [0.25, 0.3) is 11.3 Å². The molecule has 24 heavy (non-hydrogen) atoms. The molecule has 3 rings (SSSR count). The van der Waals surface area contributed by atoms with Gasteiger partial charge < -0.3 is 14.0 Å². The van der Waals surface area contributed by atoms with Crippen LogP contribution in [-0.4, -0.2) is 42.9 Å². The lowest BCUT2D eigenvalue weighted by Crippen LogP contribution is -2.35. The van der Waals surface area contributed by atoms with Crippen molar-refractivity contribution >= 4 is 0 Å². The number of ether oxygens (including phenoxy) is 2. The van der Waals surface area contributed by atoms with Gasteiger partial charge in [-0.3, -0.25) is 4.90 Å². The number of benzene rings is 1. The van der Waals surface area contributed by atoms with Crippen LogP contribution in [0.1, 0.15) is 31.1 Å². The summed E-state index contributed by atoms with van der Waals surface area (Å²) in [5.74, 6) is 0.895. The summed E-state index contributed by atoms with van der Waals surface area (Å²) in [7, 11) is 1.70. The Bertz CT molecular complexity index is 668. The van der Waals surface area contributed by atoms with Crippen molar-refractivity contribution in [2.75, 3.05) is 33.4 Å². The third-order valence-electron chi connectivity index (χ3n) is 4.80. The quantitative estimate of drug-likeness (QED) is 0.833. The molecule has 0 unspecified atom stereocenters. The monoisotopic (exact) mass is 328 g/mol. The van der Waals surface area contributed by atoms with Gasteiger partial charge in [0.05, 0.1) is 20.3 Å². The largest absolute Gasteiger partial charge is 0.497 e. The predicted octanol–water partition coefficient (Wildman–Crippen LogP) is 3.89. The molecule has 1 fully saturated rings. The standard InChI is InChI=1S/C20H28N2O2/c1-15(2)22-16(3)18(14-21-9-11-24-12-10-21)13-20(22)17-5-7-19(23-4)8-6-17/h5-8,13,15H,9-12,14H2,1-4H3. The van der Waals surface area contributed by atoms with Crippen LogP contribution in [-0.2, 0) is 11.3 Å². The molecule has 1 saturated heterocycles. The van der Waals surface area contributed by atoms with Gasteiger partial charge in [0.25, 0.3) is 0 Å². The third kappa shape index (κ3) is 3.50. The Morgan fingerprint density at radius 2 is 1.79 bits per heavy atom. The second kappa shape index (κ2) is 7.41. The van der Waals surface area contributed by atoms with Gasteiger partial charge in [0, 0.05) is 37.1 Å². The highest BCUT2D eigenvalue weighted by Crippen LogP contribution is 2.31. The molecule has 1 aromatic heterocycles. The lowest BCUT2D eigenvalue weighted by molar-refractivity contribution is 0.0341. The molecule has 0 radical (unpaired) electrons. The lowest BCUT2D eigenvalue weighted by atomic mass is 10.1. The van der Waals surface area contributed by atoms with E-state index >= 15 is 0 Å². The minimum atomic E-state index is 0.431. The number of hydrogen-bond donors (Lipinski definition) is 0. The van der Waals surface area contributed by atoms with Crippen LogP contribution >= 0.6 is 0 Å². The van der Waals surface area contributed by atoms with Gasteiger partial charge in [0.15, 0.2) is 0 Å². The summed E-state index contributed by atoms with van der Waals surface area (Å²) < 4.78 is 13.2. The Balaban J connectivity index is 1.93. The smallest absolute Gasteiger partial charge is 0.118 e. The molecule has 1 aliphatic rings. The molecule has 2 aromatic rings. The van der Waals surface area contributed by atoms with Crippen molar-refractivity contribution in [1.82, 2.24) is 9.47 Å². The molecule has 1 aromatic carbocycles. The Morgan fingerprint density at radius 1 is 1.12 bits per heavy atom. The molecule has 0 saturated carbocycles. The number of aromatic nitrogens is 1. The molecule has 0 atom stereocenters. The molecule has 130 valence electrons. The average molecular weight is 328 g/mol. The highest BCUT2D eigenvalue weighted by Gasteiger charge is 2.18. The molecular weight excluding hydrogens is 300 g/mol. The van der Waals surface area contributed by atoms with Crippen molar-refractivity contribution in [3.05, 3.63) is 41.6 Å². The Hall–Kier alpha value is -1.78. The van der Waals surface area contributed by atoms with Crippen molar-refractivity contribution < 1.29 is 9.47 Å². The maximum Gasteiger partial charge on any atom is 0.118 e. The van der Waals surface area contributed by atoms with Crippen LogP contribution in [0.5, 0.6) is 5.75 Å². The molecule has 0 bridgehead atoms. The summed E-state index contributed by atoms with van der Waals surface area (Å²) in [6.45, 7) is 11.5. The van der Waals surface area contributed by atoms with Crippen molar-refractivity contribution in [3.8, 4) is 17.0 Å². The molecule has 0 spiro atoms. The van der Waals surface area contributed by atoms with Gasteiger partial charge in [-0.1, -0.05) is 0 Å². The minimum Gasteiger partial charge on any atom is -0.497 e. The van der Waals surface area contributed by atoms with Crippen LogP contribution in [0.2, 0.25) is 0 Å². The van der Waals surface area contributed by atoms with Gasteiger partial charge in [-0.15, -0.1) is 0 Å². The summed E-state index contributed by atoms with van der Waals surface area (Å²) in [5.41, 5.74) is 5.30. The SMILES string of the molecule is COc1ccc(-c2cc(CN3CCOCC3)c(C)n2C(C)C)cc1. The fourth-order valence-electron chi connectivity index (χ4n) is 3.48. The second-order valence-corrected chi connectivity index (χ2v) is 6.72. The van der Waals surface area contributed by atoms with Gasteiger partial charge in [-0.05, 0) is 62.2 Å². The maximum absolute atomic E-state index is 5.47. The van der Waals surface area contributed by atoms with E-state index in [0.717, 1.165) is 38.6 Å². The van der Waals surface area contributed by atoms with Gasteiger partial charge >= 0.3 is 0 Å². The zero-order valence-corrected chi connectivity index (χ0v) is 15.2. The fourth-order valence-corrected chi connectivity index (χ4v) is 3.48. The van der Waals surface area contributed by atoms with E-state index in [1.807, 2.05) is 12.1 Å². The fraction of sp³-hybridized carbons (Fsp3) is 0.500. The summed E-state index contributed by atoms with van der Waals surface area (Å²) in [6.07, 6.45) is 0. The molecule has 0 aliphatic carbocycles. The van der Waals surface area contributed by atoms with Crippen LogP contribution in [0.15, 0.2) is 30.3 Å². The number of methoxy groups -OCH3 is 1. The molecule has 0 N–H and O–H groups in total. The summed E-state index contributed by atoms with van der Waals surface area (Å²) in [6, 6.07) is 11.1. The zero-order valence-electron chi connectivity index (χ0n) is 15.2. The van der Waals surface area contributed by atoms with E-state index in [0.29, 0.717) is 6.04 Å². The highest BCUT2D eigenvalue weighted by atomic mass is 16.5. The molecule has 4 heteroatoms. The first-order valence-corrected chi connectivity index (χ1v) is 8.75. The molecule has 1 aliphatic heterocycles. The summed E-state index contributed by atoms with van der Waals surface area (Å²) in [5, 5.41) is 0. The topological polar surface area (TPSA) is 26.6 Å². The van der Waals surface area contributed by atoms with Crippen LogP contribution < -0.4 is 4.74 Å². The number of morpholine rings is 1. The number of rotatable bonds is 5. The first-order chi connectivity index (χ1) is 11.6. The van der Waals surface area contributed by atoms with Crippen LogP contribution in [0, 0.1) is 6.92 Å². The van der Waals surface area contributed by atoms with E-state index in [-0.39, 0.29) is 0 Å². The van der Waals surface area contributed by atoms with Gasteiger partial charge in [-0.2, -0.15) is 0 Å². The van der Waals surface area contributed by atoms with E-state index in [4.69, 9.17) is 9.47 Å². The third-order valence-corrected chi connectivity index (χ3v) is 4.80. The van der Waals surface area contributed by atoms with E-state index in [2.05, 4.69) is 48.4 Å². The first kappa shape index (κ1) is 17.1. The maximum atomic E-state index is 5.47. The Labute approximate surface area is 145 Å². The van der Waals surface area contributed by atoms with E-state index < -0.39 is 0 Å². The normalized spacial score (nSPS) is 15.9. The Kier molecular flexibility index (Phi) is 5.27.